The highest BCUT2D eigenvalue weighted by atomic mass is 16.1. The van der Waals surface area contributed by atoms with Crippen molar-refractivity contribution in [1.29, 1.82) is 0 Å². The van der Waals surface area contributed by atoms with Crippen molar-refractivity contribution in [3.05, 3.63) is 71.7 Å². The summed E-state index contributed by atoms with van der Waals surface area (Å²) >= 11 is 0. The predicted molar refractivity (Wildman–Crippen MR) is 92.3 cm³/mol. The molecule has 3 heteroatoms. The maximum Gasteiger partial charge on any atom is 0.222 e. The molecule has 0 amide bonds. The summed E-state index contributed by atoms with van der Waals surface area (Å²) < 4.78 is 1.92. The zero-order chi connectivity index (χ0) is 16.6. The van der Waals surface area contributed by atoms with Crippen molar-refractivity contribution in [3.8, 4) is 0 Å². The zero-order valence-corrected chi connectivity index (χ0v) is 14.2. The van der Waals surface area contributed by atoms with Crippen molar-refractivity contribution in [1.82, 2.24) is 0 Å². The van der Waals surface area contributed by atoms with Gasteiger partial charge < -0.3 is 4.90 Å². The molecule has 0 fully saturated rings. The van der Waals surface area contributed by atoms with Gasteiger partial charge in [0.25, 0.3) is 0 Å². The van der Waals surface area contributed by atoms with Gasteiger partial charge in [0.05, 0.1) is 0 Å². The highest BCUT2D eigenvalue weighted by molar-refractivity contribution is 5.91. The van der Waals surface area contributed by atoms with Crippen molar-refractivity contribution >= 4 is 11.5 Å². The molecule has 0 saturated heterocycles. The van der Waals surface area contributed by atoms with E-state index >= 15 is 0 Å². The number of para-hydroxylation sites is 1. The fraction of sp³-hybridized carbons (Fsp3) is 0.300. The Balaban J connectivity index is 1.88. The van der Waals surface area contributed by atoms with E-state index in [4.69, 9.17) is 0 Å². The summed E-state index contributed by atoms with van der Waals surface area (Å²) in [6.07, 6.45) is 5.70. The van der Waals surface area contributed by atoms with Gasteiger partial charge >= 0.3 is 0 Å². The summed E-state index contributed by atoms with van der Waals surface area (Å²) in [5.74, 6) is 0.113. The third-order valence-electron chi connectivity index (χ3n) is 4.63. The first-order valence-corrected chi connectivity index (χ1v) is 7.93. The number of anilines is 1. The summed E-state index contributed by atoms with van der Waals surface area (Å²) in [5.41, 5.74) is 4.54. The first-order valence-electron chi connectivity index (χ1n) is 7.93. The predicted octanol–water partition coefficient (Wildman–Crippen LogP) is 3.16. The number of carbonyl (C=O) groups is 1. The monoisotopic (exact) mass is 307 g/mol. The van der Waals surface area contributed by atoms with Crippen LogP contribution in [0.3, 0.4) is 0 Å². The van der Waals surface area contributed by atoms with E-state index in [-0.39, 0.29) is 11.2 Å². The number of aryl methyl sites for hydroxylation is 1. The second-order valence-electron chi connectivity index (χ2n) is 6.74. The molecule has 3 rings (SSSR count). The van der Waals surface area contributed by atoms with Crippen LogP contribution >= 0.6 is 0 Å². The van der Waals surface area contributed by atoms with Gasteiger partial charge in [0.2, 0.25) is 12.3 Å². The van der Waals surface area contributed by atoms with Crippen LogP contribution in [0, 0.1) is 6.92 Å². The number of carbonyl (C=O) groups excluding carboxylic acids is 1. The number of rotatable bonds is 3. The van der Waals surface area contributed by atoms with Gasteiger partial charge in [-0.25, -0.2) is 0 Å². The molecule has 0 saturated carbocycles. The maximum absolute atomic E-state index is 12.5. The van der Waals surface area contributed by atoms with Crippen LogP contribution in [-0.2, 0) is 16.8 Å². The van der Waals surface area contributed by atoms with Gasteiger partial charge in [0.1, 0.15) is 0 Å². The molecule has 0 spiro atoms. The molecular weight excluding hydrogens is 284 g/mol. The molecule has 0 bridgehead atoms. The average Bonchev–Trinajstić information content (AvgIpc) is 2.71. The molecule has 1 aliphatic rings. The molecule has 1 aromatic heterocycles. The summed E-state index contributed by atoms with van der Waals surface area (Å²) in [5, 5.41) is 0. The molecule has 0 N–H and O–H groups in total. The Morgan fingerprint density at radius 1 is 1.17 bits per heavy atom. The maximum atomic E-state index is 12.5. The number of benzene rings is 1. The van der Waals surface area contributed by atoms with E-state index in [0.29, 0.717) is 6.54 Å². The van der Waals surface area contributed by atoms with E-state index in [1.807, 2.05) is 49.1 Å². The lowest BCUT2D eigenvalue weighted by Gasteiger charge is -2.23. The number of aromatic nitrogens is 1. The third kappa shape index (κ3) is 2.79. The van der Waals surface area contributed by atoms with E-state index in [2.05, 4.69) is 36.9 Å². The lowest BCUT2D eigenvalue weighted by molar-refractivity contribution is -0.683. The van der Waals surface area contributed by atoms with Crippen LogP contribution in [0.4, 0.5) is 5.69 Å². The number of allylic oxidation sites excluding steroid dienone is 2. The molecular formula is C20H23N2O+. The van der Waals surface area contributed by atoms with Crippen LogP contribution in [-0.4, -0.2) is 12.8 Å². The first-order chi connectivity index (χ1) is 10.9. The largest absolute Gasteiger partial charge is 0.347 e. The Labute approximate surface area is 137 Å². The van der Waals surface area contributed by atoms with E-state index in [1.54, 1.807) is 6.08 Å². The minimum absolute atomic E-state index is 0.113. The third-order valence-corrected chi connectivity index (χ3v) is 4.63. The SMILES string of the molecule is Cc1cc[n+](CC(=O)/C=C2\N(C)c3ccccc3C2(C)C)cc1. The Hall–Kier alpha value is -2.42. The van der Waals surface area contributed by atoms with Gasteiger partial charge in [-0.3, -0.25) is 4.79 Å². The van der Waals surface area contributed by atoms with Crippen LogP contribution in [0.25, 0.3) is 0 Å². The second-order valence-corrected chi connectivity index (χ2v) is 6.74. The summed E-state index contributed by atoms with van der Waals surface area (Å²) in [6.45, 7) is 6.76. The molecule has 118 valence electrons. The van der Waals surface area contributed by atoms with Crippen molar-refractivity contribution in [3.63, 3.8) is 0 Å². The van der Waals surface area contributed by atoms with Crippen molar-refractivity contribution in [2.75, 3.05) is 11.9 Å². The van der Waals surface area contributed by atoms with Crippen LogP contribution in [0.1, 0.15) is 25.0 Å². The van der Waals surface area contributed by atoms with E-state index in [9.17, 15) is 4.79 Å². The molecule has 0 radical (unpaired) electrons. The molecule has 2 heterocycles. The lowest BCUT2D eigenvalue weighted by atomic mass is 9.83. The van der Waals surface area contributed by atoms with Crippen molar-refractivity contribution in [2.24, 2.45) is 0 Å². The van der Waals surface area contributed by atoms with E-state index in [1.165, 1.54) is 16.8 Å². The molecule has 3 nitrogen and oxygen atoms in total. The number of fused-ring (bicyclic) bond motifs is 1. The number of pyridine rings is 1. The number of likely N-dealkylation sites (N-methyl/N-ethyl adjacent to an activating group) is 1. The lowest BCUT2D eigenvalue weighted by Crippen LogP contribution is -2.37. The van der Waals surface area contributed by atoms with Gasteiger partial charge in [-0.2, -0.15) is 4.57 Å². The quantitative estimate of drug-likeness (QED) is 0.642. The minimum atomic E-state index is -0.154. The number of ketones is 1. The zero-order valence-electron chi connectivity index (χ0n) is 14.2. The van der Waals surface area contributed by atoms with Gasteiger partial charge in [-0.1, -0.05) is 32.0 Å². The Kier molecular flexibility index (Phi) is 3.80. The highest BCUT2D eigenvalue weighted by Gasteiger charge is 2.38. The second kappa shape index (κ2) is 5.65. The molecule has 2 aromatic rings. The molecule has 23 heavy (non-hydrogen) atoms. The standard InChI is InChI=1S/C20H23N2O/c1-15-9-11-22(12-10-15)14-16(23)13-19-20(2,3)17-7-5-6-8-18(17)21(19)4/h5-13H,14H2,1-4H3/q+1/b19-13-. The molecule has 0 atom stereocenters. The normalized spacial score (nSPS) is 17.4. The molecule has 1 aromatic carbocycles. The van der Waals surface area contributed by atoms with Gasteiger partial charge in [-0.05, 0) is 24.1 Å². The van der Waals surface area contributed by atoms with Gasteiger partial charge in [-0.15, -0.1) is 0 Å². The Morgan fingerprint density at radius 2 is 1.83 bits per heavy atom. The van der Waals surface area contributed by atoms with Crippen LogP contribution in [0.15, 0.2) is 60.6 Å². The van der Waals surface area contributed by atoms with E-state index < -0.39 is 0 Å². The minimum Gasteiger partial charge on any atom is -0.347 e. The van der Waals surface area contributed by atoms with Gasteiger partial charge in [0.15, 0.2) is 12.4 Å². The van der Waals surface area contributed by atoms with Crippen LogP contribution < -0.4 is 9.47 Å². The number of hydrogen-bond acceptors (Lipinski definition) is 2. The topological polar surface area (TPSA) is 24.2 Å². The van der Waals surface area contributed by atoms with Crippen LogP contribution in [0.2, 0.25) is 0 Å². The van der Waals surface area contributed by atoms with E-state index in [0.717, 1.165) is 5.70 Å². The number of nitrogens with zero attached hydrogens (tertiary/aromatic N) is 2. The first kappa shape index (κ1) is 15.5. The fourth-order valence-electron chi connectivity index (χ4n) is 3.27. The molecule has 0 unspecified atom stereocenters. The van der Waals surface area contributed by atoms with Crippen molar-refractivity contribution in [2.45, 2.75) is 32.7 Å². The molecule has 1 aliphatic heterocycles. The van der Waals surface area contributed by atoms with Crippen LogP contribution in [0.5, 0.6) is 0 Å². The fourth-order valence-corrected chi connectivity index (χ4v) is 3.27. The average molecular weight is 307 g/mol. The smallest absolute Gasteiger partial charge is 0.222 e. The summed E-state index contributed by atoms with van der Waals surface area (Å²) in [4.78, 5) is 14.6. The highest BCUT2D eigenvalue weighted by Crippen LogP contribution is 2.46. The van der Waals surface area contributed by atoms with Gasteiger partial charge in [0, 0.05) is 42.1 Å². The number of hydrogen-bond donors (Lipinski definition) is 0. The Bertz CT molecular complexity index is 772. The Morgan fingerprint density at radius 3 is 2.48 bits per heavy atom. The molecule has 0 aliphatic carbocycles. The summed E-state index contributed by atoms with van der Waals surface area (Å²) in [7, 11) is 2.03. The van der Waals surface area contributed by atoms with Crippen molar-refractivity contribution < 1.29 is 9.36 Å². The summed E-state index contributed by atoms with van der Waals surface area (Å²) in [6, 6.07) is 12.4.